The number of para-hydroxylation sites is 1. The summed E-state index contributed by atoms with van der Waals surface area (Å²) in [6, 6.07) is 14.7. The first-order valence-electron chi connectivity index (χ1n) is 7.64. The predicted octanol–water partition coefficient (Wildman–Crippen LogP) is 5.34. The average Bonchev–Trinajstić information content (AvgIpc) is 2.65. The minimum absolute atomic E-state index is 0. The van der Waals surface area contributed by atoms with E-state index < -0.39 is 0 Å². The Morgan fingerprint density at radius 2 is 1.65 bits per heavy atom. The maximum atomic E-state index is 6.25. The minimum Gasteiger partial charge on any atom is -0.340 e. The molecule has 0 N–H and O–H groups in total. The van der Waals surface area contributed by atoms with E-state index in [0.717, 1.165) is 24.5 Å². The van der Waals surface area contributed by atoms with Gasteiger partial charge in [0.05, 0.1) is 0 Å². The predicted molar refractivity (Wildman–Crippen MR) is 104 cm³/mol. The first-order valence-corrected chi connectivity index (χ1v) is 8.02. The Morgan fingerprint density at radius 3 is 2.39 bits per heavy atom. The number of nitrogens with zero attached hydrogens (tertiary/aromatic N) is 2. The number of anilines is 2. The molecule has 1 aliphatic rings. The molecule has 2 aromatic carbocycles. The van der Waals surface area contributed by atoms with Crippen molar-refractivity contribution in [2.45, 2.75) is 6.42 Å². The molecule has 4 heteroatoms. The Bertz CT molecular complexity index is 696. The van der Waals surface area contributed by atoms with Gasteiger partial charge in [-0.1, -0.05) is 48.0 Å². The molecule has 0 aromatic heterocycles. The van der Waals surface area contributed by atoms with Crippen molar-refractivity contribution in [3.63, 3.8) is 0 Å². The van der Waals surface area contributed by atoms with Crippen LogP contribution in [0.2, 0.25) is 5.02 Å². The van der Waals surface area contributed by atoms with Gasteiger partial charge in [0.1, 0.15) is 0 Å². The summed E-state index contributed by atoms with van der Waals surface area (Å²) < 4.78 is 0. The monoisotopic (exact) mass is 348 g/mol. The third-order valence-corrected chi connectivity index (χ3v) is 4.18. The molecule has 0 unspecified atom stereocenters. The second-order valence-electron chi connectivity index (χ2n) is 5.90. The lowest BCUT2D eigenvalue weighted by atomic mass is 10.1. The van der Waals surface area contributed by atoms with Crippen LogP contribution in [0.3, 0.4) is 0 Å². The van der Waals surface area contributed by atoms with Gasteiger partial charge >= 0.3 is 0 Å². The number of benzene rings is 2. The molecule has 0 atom stereocenters. The molecule has 0 saturated heterocycles. The fraction of sp³-hybridized carbons (Fsp3) is 0.263. The van der Waals surface area contributed by atoms with Crippen molar-refractivity contribution in [3.05, 3.63) is 58.6 Å². The van der Waals surface area contributed by atoms with Crippen LogP contribution in [-0.4, -0.2) is 32.1 Å². The summed E-state index contributed by atoms with van der Waals surface area (Å²) in [4.78, 5) is 4.61. The highest BCUT2D eigenvalue weighted by Crippen LogP contribution is 2.37. The highest BCUT2D eigenvalue weighted by Gasteiger charge is 2.17. The lowest BCUT2D eigenvalue weighted by Crippen LogP contribution is -2.24. The summed E-state index contributed by atoms with van der Waals surface area (Å²) in [5.41, 5.74) is 4.90. The van der Waals surface area contributed by atoms with Gasteiger partial charge in [0.2, 0.25) is 0 Å². The van der Waals surface area contributed by atoms with E-state index >= 15 is 0 Å². The summed E-state index contributed by atoms with van der Waals surface area (Å²) in [5, 5.41) is 0.782. The van der Waals surface area contributed by atoms with Crippen LogP contribution >= 0.6 is 24.0 Å². The van der Waals surface area contributed by atoms with E-state index in [-0.39, 0.29) is 12.4 Å². The third kappa shape index (κ3) is 4.08. The van der Waals surface area contributed by atoms with Crippen molar-refractivity contribution in [2.75, 3.05) is 32.1 Å². The number of rotatable bonds is 4. The molecule has 1 aliphatic heterocycles. The van der Waals surface area contributed by atoms with Gasteiger partial charge in [-0.2, -0.15) is 0 Å². The summed E-state index contributed by atoms with van der Waals surface area (Å²) in [7, 11) is 4.23. The molecular formula is C19H22Cl2N2. The first kappa shape index (κ1) is 17.9. The fourth-order valence-electron chi connectivity index (χ4n) is 2.86. The van der Waals surface area contributed by atoms with E-state index in [1.165, 1.54) is 22.5 Å². The van der Waals surface area contributed by atoms with Crippen LogP contribution in [0.15, 0.2) is 42.5 Å². The summed E-state index contributed by atoms with van der Waals surface area (Å²) >= 11 is 6.25. The summed E-state index contributed by atoms with van der Waals surface area (Å²) in [6.45, 7) is 2.05. The van der Waals surface area contributed by atoms with Crippen molar-refractivity contribution in [1.29, 1.82) is 0 Å². The Hall–Kier alpha value is -1.48. The van der Waals surface area contributed by atoms with Gasteiger partial charge in [0.15, 0.2) is 0 Å². The Labute approximate surface area is 149 Å². The second kappa shape index (κ2) is 7.87. The van der Waals surface area contributed by atoms with E-state index in [9.17, 15) is 0 Å². The Balaban J connectivity index is 0.00000192. The normalized spacial score (nSPS) is 12.4. The standard InChI is InChI=1S/C19H21ClN2.ClH/c1-21(2)12-5-13-22-18-7-4-3-6-15(18)8-9-16-10-11-17(20)14-19(16)22;/h3-4,6-11,14H,5,12-13H2,1-2H3;1H. The van der Waals surface area contributed by atoms with E-state index in [2.05, 4.69) is 72.4 Å². The van der Waals surface area contributed by atoms with Crippen molar-refractivity contribution < 1.29 is 0 Å². The molecule has 0 saturated carbocycles. The lowest BCUT2D eigenvalue weighted by Gasteiger charge is -2.27. The van der Waals surface area contributed by atoms with Crippen LogP contribution in [0.5, 0.6) is 0 Å². The van der Waals surface area contributed by atoms with Crippen LogP contribution in [-0.2, 0) is 0 Å². The largest absolute Gasteiger partial charge is 0.340 e. The maximum absolute atomic E-state index is 6.25. The third-order valence-electron chi connectivity index (χ3n) is 3.94. The van der Waals surface area contributed by atoms with Crippen LogP contribution in [0, 0.1) is 0 Å². The molecule has 0 bridgehead atoms. The van der Waals surface area contributed by atoms with Crippen LogP contribution in [0.1, 0.15) is 17.5 Å². The van der Waals surface area contributed by atoms with Gasteiger partial charge in [0.25, 0.3) is 0 Å². The smallest absolute Gasteiger partial charge is 0.0499 e. The molecule has 23 heavy (non-hydrogen) atoms. The molecule has 0 spiro atoms. The average molecular weight is 349 g/mol. The second-order valence-corrected chi connectivity index (χ2v) is 6.34. The van der Waals surface area contributed by atoms with Crippen molar-refractivity contribution in [1.82, 2.24) is 4.90 Å². The van der Waals surface area contributed by atoms with Crippen LogP contribution < -0.4 is 4.90 Å². The first-order chi connectivity index (χ1) is 10.6. The SMILES string of the molecule is CN(C)CCCN1c2ccccc2C=Cc2ccc(Cl)cc21.Cl. The van der Waals surface area contributed by atoms with E-state index in [1.807, 2.05) is 6.07 Å². The van der Waals surface area contributed by atoms with Gasteiger partial charge in [-0.15, -0.1) is 12.4 Å². The van der Waals surface area contributed by atoms with Crippen LogP contribution in [0.25, 0.3) is 12.2 Å². The number of halogens is 2. The number of fused-ring (bicyclic) bond motifs is 2. The number of hydrogen-bond acceptors (Lipinski definition) is 2. The Kier molecular flexibility index (Phi) is 6.11. The summed E-state index contributed by atoms with van der Waals surface area (Å²) in [6.07, 6.45) is 5.47. The molecule has 0 amide bonds. The fourth-order valence-corrected chi connectivity index (χ4v) is 3.03. The zero-order chi connectivity index (χ0) is 15.5. The van der Waals surface area contributed by atoms with Gasteiger partial charge in [-0.3, -0.25) is 0 Å². The van der Waals surface area contributed by atoms with E-state index in [4.69, 9.17) is 11.6 Å². The maximum Gasteiger partial charge on any atom is 0.0499 e. The molecule has 0 radical (unpaired) electrons. The molecule has 122 valence electrons. The molecule has 0 fully saturated rings. The molecule has 2 aromatic rings. The molecule has 1 heterocycles. The summed E-state index contributed by atoms with van der Waals surface area (Å²) in [5.74, 6) is 0. The minimum atomic E-state index is 0. The quantitative estimate of drug-likeness (QED) is 0.736. The van der Waals surface area contributed by atoms with Gasteiger partial charge < -0.3 is 9.80 Å². The molecule has 0 aliphatic carbocycles. The highest BCUT2D eigenvalue weighted by molar-refractivity contribution is 6.31. The van der Waals surface area contributed by atoms with Gasteiger partial charge in [-0.25, -0.2) is 0 Å². The molecule has 2 nitrogen and oxygen atoms in total. The lowest BCUT2D eigenvalue weighted by molar-refractivity contribution is 0.402. The van der Waals surface area contributed by atoms with E-state index in [0.29, 0.717) is 0 Å². The van der Waals surface area contributed by atoms with Gasteiger partial charge in [0, 0.05) is 22.9 Å². The van der Waals surface area contributed by atoms with Crippen molar-refractivity contribution in [2.24, 2.45) is 0 Å². The zero-order valence-corrected chi connectivity index (χ0v) is 15.1. The molecular weight excluding hydrogens is 327 g/mol. The van der Waals surface area contributed by atoms with Crippen molar-refractivity contribution >= 4 is 47.5 Å². The Morgan fingerprint density at radius 1 is 0.957 bits per heavy atom. The highest BCUT2D eigenvalue weighted by atomic mass is 35.5. The van der Waals surface area contributed by atoms with Crippen LogP contribution in [0.4, 0.5) is 11.4 Å². The van der Waals surface area contributed by atoms with E-state index in [1.54, 1.807) is 0 Å². The number of hydrogen-bond donors (Lipinski definition) is 0. The molecule has 3 rings (SSSR count). The topological polar surface area (TPSA) is 6.48 Å². The van der Waals surface area contributed by atoms with Crippen molar-refractivity contribution in [3.8, 4) is 0 Å². The van der Waals surface area contributed by atoms with Gasteiger partial charge in [-0.05, 0) is 56.4 Å². The zero-order valence-electron chi connectivity index (χ0n) is 13.5.